The van der Waals surface area contributed by atoms with Crippen LogP contribution in [0.3, 0.4) is 0 Å². The van der Waals surface area contributed by atoms with Crippen LogP contribution < -0.4 is 5.32 Å². The standard InChI is InChI=1S/C14H23NO2S2/c1-4-14(15-5-2)12-6-8-13(9-7-12)18-10-11-19(3,16)17/h6-9,14-15H,4-5,10-11H2,1-3H3. The molecule has 0 spiro atoms. The summed E-state index contributed by atoms with van der Waals surface area (Å²) in [6.45, 7) is 5.24. The van der Waals surface area contributed by atoms with E-state index in [0.29, 0.717) is 11.8 Å². The van der Waals surface area contributed by atoms with E-state index in [0.717, 1.165) is 17.9 Å². The quantitative estimate of drug-likeness (QED) is 0.750. The van der Waals surface area contributed by atoms with Crippen molar-refractivity contribution in [1.29, 1.82) is 0 Å². The van der Waals surface area contributed by atoms with Crippen LogP contribution in [0.4, 0.5) is 0 Å². The van der Waals surface area contributed by atoms with Gasteiger partial charge < -0.3 is 5.32 Å². The molecule has 1 N–H and O–H groups in total. The summed E-state index contributed by atoms with van der Waals surface area (Å²) in [7, 11) is -2.86. The smallest absolute Gasteiger partial charge is 0.148 e. The van der Waals surface area contributed by atoms with Crippen LogP contribution in [0.25, 0.3) is 0 Å². The lowest BCUT2D eigenvalue weighted by Crippen LogP contribution is -2.19. The van der Waals surface area contributed by atoms with Crippen molar-refractivity contribution >= 4 is 21.6 Å². The SMILES string of the molecule is CCNC(CC)c1ccc(SCCS(C)(=O)=O)cc1. The minimum atomic E-state index is -2.86. The molecule has 1 aromatic carbocycles. The highest BCUT2D eigenvalue weighted by molar-refractivity contribution is 8.00. The number of rotatable bonds is 8. The molecule has 108 valence electrons. The van der Waals surface area contributed by atoms with Gasteiger partial charge in [-0.15, -0.1) is 11.8 Å². The predicted octanol–water partition coefficient (Wildman–Crippen LogP) is 2.88. The molecule has 1 aromatic rings. The molecule has 0 aromatic heterocycles. The van der Waals surface area contributed by atoms with Crippen molar-refractivity contribution in [2.75, 3.05) is 24.3 Å². The minimum Gasteiger partial charge on any atom is -0.310 e. The van der Waals surface area contributed by atoms with Crippen LogP contribution in [0, 0.1) is 0 Å². The number of hydrogen-bond acceptors (Lipinski definition) is 4. The summed E-state index contributed by atoms with van der Waals surface area (Å²) in [5.74, 6) is 0.844. The van der Waals surface area contributed by atoms with Crippen molar-refractivity contribution in [2.45, 2.75) is 31.2 Å². The van der Waals surface area contributed by atoms with Gasteiger partial charge in [-0.1, -0.05) is 26.0 Å². The second-order valence-electron chi connectivity index (χ2n) is 4.57. The van der Waals surface area contributed by atoms with Crippen molar-refractivity contribution in [3.63, 3.8) is 0 Å². The van der Waals surface area contributed by atoms with Crippen LogP contribution in [0.2, 0.25) is 0 Å². The Morgan fingerprint density at radius 1 is 1.21 bits per heavy atom. The van der Waals surface area contributed by atoms with Crippen molar-refractivity contribution in [3.8, 4) is 0 Å². The fourth-order valence-corrected chi connectivity index (χ4v) is 3.96. The van der Waals surface area contributed by atoms with Crippen molar-refractivity contribution in [3.05, 3.63) is 29.8 Å². The van der Waals surface area contributed by atoms with Gasteiger partial charge in [0.1, 0.15) is 9.84 Å². The molecule has 1 rings (SSSR count). The molecule has 0 radical (unpaired) electrons. The molecule has 0 bridgehead atoms. The van der Waals surface area contributed by atoms with Gasteiger partial charge in [0.15, 0.2) is 0 Å². The molecule has 0 saturated carbocycles. The Balaban J connectivity index is 2.56. The topological polar surface area (TPSA) is 46.2 Å². The molecular formula is C14H23NO2S2. The Bertz CT molecular complexity index is 469. The van der Waals surface area contributed by atoms with Gasteiger partial charge in [-0.2, -0.15) is 0 Å². The Morgan fingerprint density at radius 2 is 1.84 bits per heavy atom. The zero-order valence-corrected chi connectivity index (χ0v) is 13.5. The molecule has 19 heavy (non-hydrogen) atoms. The number of nitrogens with one attached hydrogen (secondary N) is 1. The van der Waals surface area contributed by atoms with E-state index in [9.17, 15) is 8.42 Å². The highest BCUT2D eigenvalue weighted by Crippen LogP contribution is 2.22. The molecule has 0 saturated heterocycles. The van der Waals surface area contributed by atoms with Gasteiger partial charge in [-0.05, 0) is 30.7 Å². The van der Waals surface area contributed by atoms with Gasteiger partial charge in [0.2, 0.25) is 0 Å². The van der Waals surface area contributed by atoms with Gasteiger partial charge in [0.05, 0.1) is 5.75 Å². The third kappa shape index (κ3) is 6.45. The van der Waals surface area contributed by atoms with E-state index in [1.807, 2.05) is 0 Å². The lowest BCUT2D eigenvalue weighted by atomic mass is 10.1. The summed E-state index contributed by atoms with van der Waals surface area (Å²) in [5.41, 5.74) is 1.29. The number of benzene rings is 1. The lowest BCUT2D eigenvalue weighted by Gasteiger charge is -2.16. The van der Waals surface area contributed by atoms with Crippen LogP contribution in [0.5, 0.6) is 0 Å². The molecular weight excluding hydrogens is 278 g/mol. The Hall–Kier alpha value is -0.520. The van der Waals surface area contributed by atoms with Gasteiger partial charge in [0, 0.05) is 22.9 Å². The zero-order valence-electron chi connectivity index (χ0n) is 11.8. The highest BCUT2D eigenvalue weighted by atomic mass is 32.2. The van der Waals surface area contributed by atoms with Crippen molar-refractivity contribution in [2.24, 2.45) is 0 Å². The van der Waals surface area contributed by atoms with Crippen molar-refractivity contribution in [1.82, 2.24) is 5.32 Å². The van der Waals surface area contributed by atoms with E-state index in [4.69, 9.17) is 0 Å². The average Bonchev–Trinajstić information content (AvgIpc) is 2.35. The first-order valence-electron chi connectivity index (χ1n) is 6.60. The molecule has 5 heteroatoms. The molecule has 1 atom stereocenters. The summed E-state index contributed by atoms with van der Waals surface area (Å²) in [6, 6.07) is 8.80. The molecule has 0 aliphatic rings. The molecule has 0 fully saturated rings. The monoisotopic (exact) mass is 301 g/mol. The van der Waals surface area contributed by atoms with Gasteiger partial charge in [-0.25, -0.2) is 8.42 Å². The second kappa shape index (κ2) is 7.92. The largest absolute Gasteiger partial charge is 0.310 e. The normalized spacial score (nSPS) is 13.4. The summed E-state index contributed by atoms with van der Waals surface area (Å²) >= 11 is 1.59. The van der Waals surface area contributed by atoms with E-state index in [1.165, 1.54) is 11.8 Å². The van der Waals surface area contributed by atoms with Gasteiger partial charge in [-0.3, -0.25) is 0 Å². The predicted molar refractivity (Wildman–Crippen MR) is 83.6 cm³/mol. The first-order chi connectivity index (χ1) is 8.96. The van der Waals surface area contributed by atoms with Gasteiger partial charge in [0.25, 0.3) is 0 Å². The zero-order chi connectivity index (χ0) is 14.3. The number of hydrogen-bond donors (Lipinski definition) is 1. The first-order valence-corrected chi connectivity index (χ1v) is 9.64. The number of thioether (sulfide) groups is 1. The summed E-state index contributed by atoms with van der Waals surface area (Å²) in [5, 5.41) is 3.44. The Labute approximate surface area is 121 Å². The van der Waals surface area contributed by atoms with E-state index in [-0.39, 0.29) is 5.75 Å². The van der Waals surface area contributed by atoms with E-state index >= 15 is 0 Å². The highest BCUT2D eigenvalue weighted by Gasteiger charge is 2.07. The Morgan fingerprint density at radius 3 is 2.32 bits per heavy atom. The van der Waals surface area contributed by atoms with E-state index in [2.05, 4.69) is 43.4 Å². The molecule has 0 heterocycles. The first kappa shape index (κ1) is 16.5. The van der Waals surface area contributed by atoms with Crippen LogP contribution >= 0.6 is 11.8 Å². The minimum absolute atomic E-state index is 0.231. The van der Waals surface area contributed by atoms with Crippen LogP contribution in [0.1, 0.15) is 31.9 Å². The third-order valence-electron chi connectivity index (χ3n) is 2.86. The number of sulfone groups is 1. The summed E-state index contributed by atoms with van der Waals surface area (Å²) in [4.78, 5) is 1.12. The van der Waals surface area contributed by atoms with Crippen LogP contribution in [0.15, 0.2) is 29.2 Å². The molecule has 3 nitrogen and oxygen atoms in total. The maximum absolute atomic E-state index is 11.1. The molecule has 0 aliphatic carbocycles. The van der Waals surface area contributed by atoms with Crippen molar-refractivity contribution < 1.29 is 8.42 Å². The molecule has 0 aliphatic heterocycles. The second-order valence-corrected chi connectivity index (χ2v) is 7.99. The van der Waals surface area contributed by atoms with Crippen LogP contribution in [-0.4, -0.2) is 32.7 Å². The van der Waals surface area contributed by atoms with E-state index in [1.54, 1.807) is 11.8 Å². The molecule has 0 amide bonds. The fraction of sp³-hybridized carbons (Fsp3) is 0.571. The fourth-order valence-electron chi connectivity index (χ4n) is 1.85. The third-order valence-corrected chi connectivity index (χ3v) is 5.08. The summed E-state index contributed by atoms with van der Waals surface area (Å²) < 4.78 is 22.1. The Kier molecular flexibility index (Phi) is 6.89. The summed E-state index contributed by atoms with van der Waals surface area (Å²) in [6.07, 6.45) is 2.34. The maximum atomic E-state index is 11.1. The maximum Gasteiger partial charge on any atom is 0.148 e. The van der Waals surface area contributed by atoms with Crippen LogP contribution in [-0.2, 0) is 9.84 Å². The average molecular weight is 301 g/mol. The van der Waals surface area contributed by atoms with E-state index < -0.39 is 9.84 Å². The molecule has 1 unspecified atom stereocenters. The van der Waals surface area contributed by atoms with Gasteiger partial charge >= 0.3 is 0 Å². The lowest BCUT2D eigenvalue weighted by molar-refractivity contribution is 0.537.